The summed E-state index contributed by atoms with van der Waals surface area (Å²) in [6, 6.07) is 8.64. The highest BCUT2D eigenvalue weighted by atomic mass is 79.9. The molecule has 0 atom stereocenters. The van der Waals surface area contributed by atoms with Gasteiger partial charge in [0.1, 0.15) is 5.82 Å². The van der Waals surface area contributed by atoms with Crippen LogP contribution in [0.5, 0.6) is 0 Å². The Morgan fingerprint density at radius 1 is 1.26 bits per heavy atom. The average molecular weight is 338 g/mol. The minimum absolute atomic E-state index is 0.0484. The fourth-order valence-electron chi connectivity index (χ4n) is 1.44. The molecule has 0 aliphatic rings. The number of hydrogen-bond donors (Lipinski definition) is 2. The van der Waals surface area contributed by atoms with Gasteiger partial charge in [0.05, 0.1) is 5.75 Å². The second kappa shape index (κ2) is 6.08. The van der Waals surface area contributed by atoms with Crippen LogP contribution in [0, 0.1) is 0 Å². The largest absolute Gasteiger partial charge is 0.399 e. The first-order valence-corrected chi connectivity index (χ1v) is 7.26. The van der Waals surface area contributed by atoms with Crippen molar-refractivity contribution in [1.82, 2.24) is 4.98 Å². The van der Waals surface area contributed by atoms with Crippen molar-refractivity contribution in [3.8, 4) is 0 Å². The van der Waals surface area contributed by atoms with Gasteiger partial charge < -0.3 is 11.5 Å². The molecule has 1 aromatic heterocycles. The molecule has 0 aliphatic heterocycles. The lowest BCUT2D eigenvalue weighted by Gasteiger charge is -2.05. The van der Waals surface area contributed by atoms with E-state index in [9.17, 15) is 4.79 Å². The Bertz CT molecular complexity index is 601. The first-order valence-electron chi connectivity index (χ1n) is 5.49. The Morgan fingerprint density at radius 3 is 2.63 bits per heavy atom. The molecule has 0 aliphatic carbocycles. The number of ketones is 1. The van der Waals surface area contributed by atoms with Crippen molar-refractivity contribution in [3.63, 3.8) is 0 Å². The monoisotopic (exact) mass is 337 g/mol. The van der Waals surface area contributed by atoms with Crippen LogP contribution in [-0.2, 0) is 0 Å². The van der Waals surface area contributed by atoms with Crippen LogP contribution in [0.2, 0.25) is 0 Å². The summed E-state index contributed by atoms with van der Waals surface area (Å²) >= 11 is 4.80. The van der Waals surface area contributed by atoms with E-state index in [-0.39, 0.29) is 5.78 Å². The van der Waals surface area contributed by atoms with Gasteiger partial charge in [0.25, 0.3) is 0 Å². The topological polar surface area (TPSA) is 82.0 Å². The van der Waals surface area contributed by atoms with Crippen LogP contribution in [0.1, 0.15) is 10.4 Å². The fourth-order valence-corrected chi connectivity index (χ4v) is 2.85. The van der Waals surface area contributed by atoms with Crippen LogP contribution in [0.3, 0.4) is 0 Å². The van der Waals surface area contributed by atoms with E-state index in [1.54, 1.807) is 36.5 Å². The Kier molecular flexibility index (Phi) is 4.44. The maximum absolute atomic E-state index is 12.0. The van der Waals surface area contributed by atoms with Gasteiger partial charge in [-0.1, -0.05) is 0 Å². The van der Waals surface area contributed by atoms with Crippen LogP contribution in [0.25, 0.3) is 0 Å². The molecule has 19 heavy (non-hydrogen) atoms. The van der Waals surface area contributed by atoms with Crippen molar-refractivity contribution in [1.29, 1.82) is 0 Å². The summed E-state index contributed by atoms with van der Waals surface area (Å²) in [6.45, 7) is 0. The molecule has 0 saturated carbocycles. The number of thioether (sulfide) groups is 1. The van der Waals surface area contributed by atoms with Crippen molar-refractivity contribution < 1.29 is 4.79 Å². The number of Topliss-reactive ketones (excluding diaryl/α,β-unsaturated/α-hetero) is 1. The predicted octanol–water partition coefficient (Wildman–Crippen LogP) is 2.98. The molecule has 0 radical (unpaired) electrons. The number of pyridine rings is 1. The first-order chi connectivity index (χ1) is 9.06. The number of rotatable bonds is 4. The van der Waals surface area contributed by atoms with Gasteiger partial charge in [-0.3, -0.25) is 4.79 Å². The van der Waals surface area contributed by atoms with Gasteiger partial charge in [0, 0.05) is 26.8 Å². The van der Waals surface area contributed by atoms with E-state index in [0.717, 1.165) is 9.37 Å². The maximum atomic E-state index is 12.0. The molecule has 0 unspecified atom stereocenters. The lowest BCUT2D eigenvalue weighted by atomic mass is 10.1. The summed E-state index contributed by atoms with van der Waals surface area (Å²) in [5, 5.41) is 0. The number of aromatic nitrogens is 1. The van der Waals surface area contributed by atoms with Crippen LogP contribution in [0.4, 0.5) is 11.5 Å². The number of nitrogens with two attached hydrogens (primary N) is 2. The molecule has 0 saturated heterocycles. The number of nitrogens with zero attached hydrogens (tertiary/aromatic N) is 1. The quantitative estimate of drug-likeness (QED) is 0.509. The molecule has 0 spiro atoms. The minimum Gasteiger partial charge on any atom is -0.399 e. The van der Waals surface area contributed by atoms with Gasteiger partial charge in [-0.25, -0.2) is 4.98 Å². The zero-order valence-electron chi connectivity index (χ0n) is 9.97. The number of nitrogen functional groups attached to an aromatic ring is 2. The number of hydrogen-bond acceptors (Lipinski definition) is 5. The van der Waals surface area contributed by atoms with Gasteiger partial charge in [-0.15, -0.1) is 11.8 Å². The second-order valence-corrected chi connectivity index (χ2v) is 5.74. The third-order valence-electron chi connectivity index (χ3n) is 2.43. The van der Waals surface area contributed by atoms with Crippen LogP contribution in [0.15, 0.2) is 45.9 Å². The smallest absolute Gasteiger partial charge is 0.173 e. The maximum Gasteiger partial charge on any atom is 0.173 e. The standard InChI is InChI=1S/C13H12BrN3OS/c14-10-6-17-13(16)5-12(10)19-7-11(18)8-1-3-9(15)4-2-8/h1-6H,7,15H2,(H2,16,17). The van der Waals surface area contributed by atoms with Crippen molar-refractivity contribution in [2.75, 3.05) is 17.2 Å². The van der Waals surface area contributed by atoms with Gasteiger partial charge in [-0.2, -0.15) is 0 Å². The van der Waals surface area contributed by atoms with Crippen LogP contribution < -0.4 is 11.5 Å². The number of carbonyl (C=O) groups is 1. The summed E-state index contributed by atoms with van der Waals surface area (Å²) in [6.07, 6.45) is 1.63. The van der Waals surface area contributed by atoms with E-state index in [4.69, 9.17) is 11.5 Å². The summed E-state index contributed by atoms with van der Waals surface area (Å²) < 4.78 is 0.830. The van der Waals surface area contributed by atoms with Crippen molar-refractivity contribution in [3.05, 3.63) is 46.6 Å². The molecule has 1 aromatic carbocycles. The molecule has 0 bridgehead atoms. The summed E-state index contributed by atoms with van der Waals surface area (Å²) in [5.41, 5.74) is 12.5. The third-order valence-corrected chi connectivity index (χ3v) is 4.38. The van der Waals surface area contributed by atoms with Crippen molar-refractivity contribution >= 4 is 45.0 Å². The van der Waals surface area contributed by atoms with Gasteiger partial charge in [0.2, 0.25) is 0 Å². The SMILES string of the molecule is Nc1ccc(C(=O)CSc2cc(N)ncc2Br)cc1. The predicted molar refractivity (Wildman–Crippen MR) is 82.3 cm³/mol. The van der Waals surface area contributed by atoms with E-state index >= 15 is 0 Å². The molecular weight excluding hydrogens is 326 g/mol. The molecule has 1 heterocycles. The highest BCUT2D eigenvalue weighted by molar-refractivity contribution is 9.10. The third kappa shape index (κ3) is 3.71. The first kappa shape index (κ1) is 13.9. The molecule has 98 valence electrons. The molecule has 0 amide bonds. The highest BCUT2D eigenvalue weighted by Gasteiger charge is 2.09. The molecular formula is C13H12BrN3OS. The average Bonchev–Trinajstić information content (AvgIpc) is 2.40. The molecule has 6 heteroatoms. The van der Waals surface area contributed by atoms with Crippen LogP contribution in [-0.4, -0.2) is 16.5 Å². The molecule has 4 nitrogen and oxygen atoms in total. The normalized spacial score (nSPS) is 10.4. The number of halogens is 1. The fraction of sp³-hybridized carbons (Fsp3) is 0.0769. The van der Waals surface area contributed by atoms with E-state index in [1.165, 1.54) is 11.8 Å². The Labute approximate surface area is 123 Å². The Balaban J connectivity index is 2.04. The Morgan fingerprint density at radius 2 is 1.95 bits per heavy atom. The van der Waals surface area contributed by atoms with E-state index < -0.39 is 0 Å². The van der Waals surface area contributed by atoms with Crippen molar-refractivity contribution in [2.24, 2.45) is 0 Å². The molecule has 2 rings (SSSR count). The zero-order chi connectivity index (χ0) is 13.8. The van der Waals surface area contributed by atoms with E-state index in [1.807, 2.05) is 0 Å². The molecule has 4 N–H and O–H groups in total. The van der Waals surface area contributed by atoms with Gasteiger partial charge in [0.15, 0.2) is 5.78 Å². The van der Waals surface area contributed by atoms with Gasteiger partial charge >= 0.3 is 0 Å². The van der Waals surface area contributed by atoms with Gasteiger partial charge in [-0.05, 0) is 46.3 Å². The van der Waals surface area contributed by atoms with Crippen LogP contribution >= 0.6 is 27.7 Å². The summed E-state index contributed by atoms with van der Waals surface area (Å²) in [4.78, 5) is 16.9. The zero-order valence-corrected chi connectivity index (χ0v) is 12.4. The van der Waals surface area contributed by atoms with E-state index in [0.29, 0.717) is 22.8 Å². The van der Waals surface area contributed by atoms with E-state index in [2.05, 4.69) is 20.9 Å². The van der Waals surface area contributed by atoms with Crippen molar-refractivity contribution in [2.45, 2.75) is 4.90 Å². The number of benzene rings is 1. The number of anilines is 2. The highest BCUT2D eigenvalue weighted by Crippen LogP contribution is 2.28. The summed E-state index contributed by atoms with van der Waals surface area (Å²) in [5.74, 6) is 0.823. The second-order valence-electron chi connectivity index (χ2n) is 3.87. The molecule has 0 fully saturated rings. The minimum atomic E-state index is 0.0484. The lowest BCUT2D eigenvalue weighted by molar-refractivity contribution is 0.102. The number of carbonyl (C=O) groups excluding carboxylic acids is 1. The molecule has 2 aromatic rings. The Hall–Kier alpha value is -1.53. The summed E-state index contributed by atoms with van der Waals surface area (Å²) in [7, 11) is 0. The lowest BCUT2D eigenvalue weighted by Crippen LogP contribution is -2.02.